The number of aliphatic hydroxyl groups is 1. The molecule has 4 aromatic heterocycles. The minimum absolute atomic E-state index is 0.275. The fourth-order valence-corrected chi connectivity index (χ4v) is 4.49. The van der Waals surface area contributed by atoms with Crippen molar-refractivity contribution >= 4 is 28.4 Å². The number of piperidine rings is 1. The van der Waals surface area contributed by atoms with Gasteiger partial charge in [-0.05, 0) is 25.0 Å². The molecule has 0 bridgehead atoms. The smallest absolute Gasteiger partial charge is 0.391 e. The first-order valence-electron chi connectivity index (χ1n) is 12.1. The second-order valence-electron chi connectivity index (χ2n) is 9.34. The molecule has 1 atom stereocenters. The van der Waals surface area contributed by atoms with Crippen LogP contribution in [0.4, 0.5) is 43.7 Å². The topological polar surface area (TPSA) is 96.9 Å². The molecule has 0 aliphatic carbocycles. The molecule has 4 aromatic rings. The van der Waals surface area contributed by atoms with Gasteiger partial charge in [-0.15, -0.1) is 0 Å². The summed E-state index contributed by atoms with van der Waals surface area (Å²) in [6, 6.07) is 5.01. The summed E-state index contributed by atoms with van der Waals surface area (Å²) in [5, 5.41) is 21.7. The zero-order valence-corrected chi connectivity index (χ0v) is 20.4. The molecule has 5 rings (SSSR count). The summed E-state index contributed by atoms with van der Waals surface area (Å²) in [6.07, 6.45) is -3.45. The minimum Gasteiger partial charge on any atom is -0.391 e. The number of hydrogen-bond acceptors (Lipinski definition) is 7. The predicted molar refractivity (Wildman–Crippen MR) is 130 cm³/mol. The minimum atomic E-state index is -4.43. The van der Waals surface area contributed by atoms with E-state index in [1.807, 2.05) is 4.90 Å². The second-order valence-corrected chi connectivity index (χ2v) is 9.34. The van der Waals surface area contributed by atoms with Crippen molar-refractivity contribution in [3.05, 3.63) is 43.0 Å². The molecule has 0 saturated carbocycles. The Bertz CT molecular complexity index is 1450. The van der Waals surface area contributed by atoms with E-state index in [1.165, 1.54) is 29.5 Å². The van der Waals surface area contributed by atoms with Crippen LogP contribution in [0.15, 0.2) is 43.0 Å². The molecule has 1 saturated heterocycles. The summed E-state index contributed by atoms with van der Waals surface area (Å²) in [4.78, 5) is 10.7. The molecule has 39 heavy (non-hydrogen) atoms. The van der Waals surface area contributed by atoms with Crippen LogP contribution in [0.3, 0.4) is 0 Å². The normalized spacial score (nSPS) is 16.7. The third-order valence-corrected chi connectivity index (χ3v) is 6.25. The van der Waals surface area contributed by atoms with E-state index in [0.29, 0.717) is 53.3 Å². The Morgan fingerprint density at radius 3 is 2.56 bits per heavy atom. The van der Waals surface area contributed by atoms with Crippen LogP contribution in [0.1, 0.15) is 19.3 Å². The molecular weight excluding hydrogens is 530 g/mol. The number of aliphatic hydroxyl groups excluding tert-OH is 1. The maximum atomic E-state index is 12.8. The van der Waals surface area contributed by atoms with Crippen LogP contribution >= 0.6 is 0 Å². The van der Waals surface area contributed by atoms with Crippen molar-refractivity contribution in [2.24, 2.45) is 0 Å². The molecule has 1 aliphatic rings. The number of nitrogens with one attached hydrogen (secondary N) is 1. The third-order valence-electron chi connectivity index (χ3n) is 6.25. The lowest BCUT2D eigenvalue weighted by Crippen LogP contribution is -2.38. The molecule has 15 heteroatoms. The highest BCUT2D eigenvalue weighted by Crippen LogP contribution is 2.35. The Balaban J connectivity index is 1.45. The molecule has 0 spiro atoms. The first-order valence-corrected chi connectivity index (χ1v) is 12.1. The predicted octanol–water partition coefficient (Wildman–Crippen LogP) is 4.91. The van der Waals surface area contributed by atoms with Crippen molar-refractivity contribution < 1.29 is 31.4 Å². The number of β-amino-alcohol motifs (C(OH)–C–C–N with tert-alkyl or cyclic N) is 1. The summed E-state index contributed by atoms with van der Waals surface area (Å²) in [5.41, 5.74) is 1.88. The fourth-order valence-electron chi connectivity index (χ4n) is 4.49. The zero-order valence-electron chi connectivity index (χ0n) is 20.4. The Kier molecular flexibility index (Phi) is 7.09. The van der Waals surface area contributed by atoms with E-state index in [0.717, 1.165) is 11.1 Å². The van der Waals surface area contributed by atoms with Crippen LogP contribution in [0.25, 0.3) is 22.2 Å². The largest absolute Gasteiger partial charge is 0.408 e. The van der Waals surface area contributed by atoms with Crippen molar-refractivity contribution in [2.75, 3.05) is 23.3 Å². The number of nitrogens with zero attached hydrogens (tertiary/aromatic N) is 7. The molecule has 2 N–H and O–H groups in total. The molecule has 208 valence electrons. The summed E-state index contributed by atoms with van der Waals surface area (Å²) in [5.74, 6) is 0.670. The van der Waals surface area contributed by atoms with Gasteiger partial charge in [0, 0.05) is 48.1 Å². The second kappa shape index (κ2) is 10.4. The Labute approximate surface area is 218 Å². The van der Waals surface area contributed by atoms with Crippen molar-refractivity contribution in [3.63, 3.8) is 0 Å². The maximum absolute atomic E-state index is 12.8. The summed E-state index contributed by atoms with van der Waals surface area (Å²) >= 11 is 0. The molecule has 5 heterocycles. The molecule has 0 amide bonds. The number of hydrogen-bond donors (Lipinski definition) is 2. The van der Waals surface area contributed by atoms with Gasteiger partial charge in [0.2, 0.25) is 0 Å². The van der Waals surface area contributed by atoms with Gasteiger partial charge in [-0.1, -0.05) is 0 Å². The Hall–Kier alpha value is -3.88. The average Bonchev–Trinajstić information content (AvgIpc) is 3.48. The van der Waals surface area contributed by atoms with E-state index >= 15 is 0 Å². The van der Waals surface area contributed by atoms with Gasteiger partial charge in [0.15, 0.2) is 5.65 Å². The van der Waals surface area contributed by atoms with Crippen LogP contribution in [0.2, 0.25) is 0 Å². The van der Waals surface area contributed by atoms with E-state index in [1.54, 1.807) is 18.2 Å². The number of rotatable bonds is 7. The average molecular weight is 554 g/mol. The fraction of sp³-hybridized carbons (Fsp3) is 0.417. The van der Waals surface area contributed by atoms with Gasteiger partial charge in [-0.25, -0.2) is 14.6 Å². The summed E-state index contributed by atoms with van der Waals surface area (Å²) in [6.45, 7) is -0.659. The van der Waals surface area contributed by atoms with Crippen molar-refractivity contribution in [1.82, 2.24) is 29.5 Å². The monoisotopic (exact) mass is 554 g/mol. The number of pyridine rings is 2. The van der Waals surface area contributed by atoms with E-state index in [-0.39, 0.29) is 12.2 Å². The first kappa shape index (κ1) is 26.7. The number of anilines is 3. The van der Waals surface area contributed by atoms with E-state index < -0.39 is 31.4 Å². The quantitative estimate of drug-likeness (QED) is 0.314. The lowest BCUT2D eigenvalue weighted by Gasteiger charge is -2.33. The van der Waals surface area contributed by atoms with Crippen LogP contribution in [-0.2, 0) is 13.1 Å². The number of halogens is 6. The lowest BCUT2D eigenvalue weighted by molar-refractivity contribution is -0.142. The standard InChI is InChI=1S/C24H24F6N8O/c25-23(26,27)5-7-38-22-15(9-33-38)3-4-20(35-22)34-21-8-19(36-6-1-2-17(39)13-36)18(11-31-21)16-10-32-37(12-16)14-24(28,29)30/h3-4,8-12,17,39H,1-2,5-7,13-14H2,(H,31,34,35)/t17-/m0/s1. The molecule has 9 nitrogen and oxygen atoms in total. The first-order chi connectivity index (χ1) is 18.4. The van der Waals surface area contributed by atoms with Crippen molar-refractivity contribution in [3.8, 4) is 11.1 Å². The molecule has 1 fully saturated rings. The SMILES string of the molecule is O[C@H]1CCCN(c2cc(Nc3ccc4cnn(CCC(F)(F)F)c4n3)ncc2-c2cnn(CC(F)(F)F)c2)C1. The van der Waals surface area contributed by atoms with Crippen molar-refractivity contribution in [1.29, 1.82) is 0 Å². The zero-order chi connectivity index (χ0) is 27.8. The highest BCUT2D eigenvalue weighted by atomic mass is 19.4. The third kappa shape index (κ3) is 6.58. The molecule has 0 radical (unpaired) electrons. The molecule has 1 aliphatic heterocycles. The van der Waals surface area contributed by atoms with Crippen molar-refractivity contribution in [2.45, 2.75) is 50.8 Å². The van der Waals surface area contributed by atoms with E-state index in [4.69, 9.17) is 0 Å². The van der Waals surface area contributed by atoms with Crippen LogP contribution < -0.4 is 10.2 Å². The Morgan fingerprint density at radius 1 is 1.00 bits per heavy atom. The maximum Gasteiger partial charge on any atom is 0.408 e. The van der Waals surface area contributed by atoms with Gasteiger partial charge in [0.25, 0.3) is 0 Å². The number of aryl methyl sites for hydroxylation is 1. The van der Waals surface area contributed by atoms with Gasteiger partial charge in [0.05, 0.1) is 37.2 Å². The van der Waals surface area contributed by atoms with Gasteiger partial charge in [-0.2, -0.15) is 36.5 Å². The highest BCUT2D eigenvalue weighted by Gasteiger charge is 2.29. The van der Waals surface area contributed by atoms with E-state index in [2.05, 4.69) is 25.5 Å². The Morgan fingerprint density at radius 2 is 1.82 bits per heavy atom. The molecule has 0 unspecified atom stereocenters. The van der Waals surface area contributed by atoms with E-state index in [9.17, 15) is 31.4 Å². The molecule has 0 aromatic carbocycles. The number of fused-ring (bicyclic) bond motifs is 1. The highest BCUT2D eigenvalue weighted by molar-refractivity contribution is 5.81. The lowest BCUT2D eigenvalue weighted by atomic mass is 10.0. The van der Waals surface area contributed by atoms with Crippen LogP contribution in [0, 0.1) is 0 Å². The van der Waals surface area contributed by atoms with Crippen LogP contribution in [0.5, 0.6) is 0 Å². The van der Waals surface area contributed by atoms with Gasteiger partial charge >= 0.3 is 12.4 Å². The number of aromatic nitrogens is 6. The summed E-state index contributed by atoms with van der Waals surface area (Å²) < 4.78 is 78.6. The van der Waals surface area contributed by atoms with Gasteiger partial charge in [0.1, 0.15) is 18.2 Å². The van der Waals surface area contributed by atoms with Gasteiger partial charge < -0.3 is 15.3 Å². The summed E-state index contributed by atoms with van der Waals surface area (Å²) in [7, 11) is 0. The molecular formula is C24H24F6N8O. The number of alkyl halides is 6. The van der Waals surface area contributed by atoms with Crippen LogP contribution in [-0.4, -0.2) is 66.2 Å². The van der Waals surface area contributed by atoms with Gasteiger partial charge in [-0.3, -0.25) is 4.68 Å².